The zero-order chi connectivity index (χ0) is 18.4. The summed E-state index contributed by atoms with van der Waals surface area (Å²) in [6.07, 6.45) is 0. The highest BCUT2D eigenvalue weighted by Crippen LogP contribution is 2.18. The molecular formula is C20H25N3O2. The molecule has 132 valence electrons. The second-order valence-electron chi connectivity index (χ2n) is 6.33. The van der Waals surface area contributed by atoms with Crippen LogP contribution < -0.4 is 5.32 Å². The van der Waals surface area contributed by atoms with Crippen molar-refractivity contribution in [1.29, 1.82) is 0 Å². The molecule has 5 heteroatoms. The molecule has 0 aliphatic heterocycles. The SMILES string of the molecule is C[C@H](c1ccccc1)N(C)CC(=O)Nc1cccc(C(=O)N(C)C)c1. The first-order chi connectivity index (χ1) is 11.9. The van der Waals surface area contributed by atoms with E-state index in [1.54, 1.807) is 38.4 Å². The number of likely N-dealkylation sites (N-methyl/N-ethyl adjacent to an activating group) is 1. The van der Waals surface area contributed by atoms with E-state index in [0.29, 0.717) is 11.3 Å². The Balaban J connectivity index is 1.98. The first kappa shape index (κ1) is 18.7. The summed E-state index contributed by atoms with van der Waals surface area (Å²) in [5, 5.41) is 2.86. The van der Waals surface area contributed by atoms with E-state index in [-0.39, 0.29) is 24.4 Å². The fourth-order valence-electron chi connectivity index (χ4n) is 2.54. The maximum absolute atomic E-state index is 12.3. The number of nitrogens with one attached hydrogen (secondary N) is 1. The van der Waals surface area contributed by atoms with Crippen LogP contribution in [0.4, 0.5) is 5.69 Å². The van der Waals surface area contributed by atoms with Gasteiger partial charge in [-0.25, -0.2) is 0 Å². The minimum Gasteiger partial charge on any atom is -0.345 e. The summed E-state index contributed by atoms with van der Waals surface area (Å²) in [5.74, 6) is -0.203. The Bertz CT molecular complexity index is 729. The van der Waals surface area contributed by atoms with Gasteiger partial charge in [0.25, 0.3) is 5.91 Å². The molecule has 25 heavy (non-hydrogen) atoms. The average molecular weight is 339 g/mol. The molecule has 0 heterocycles. The van der Waals surface area contributed by atoms with Crippen molar-refractivity contribution in [3.8, 4) is 0 Å². The Morgan fingerprint density at radius 3 is 2.32 bits per heavy atom. The van der Waals surface area contributed by atoms with Crippen LogP contribution in [0.25, 0.3) is 0 Å². The van der Waals surface area contributed by atoms with Crippen molar-refractivity contribution < 1.29 is 9.59 Å². The van der Waals surface area contributed by atoms with E-state index in [9.17, 15) is 9.59 Å². The van der Waals surface area contributed by atoms with Gasteiger partial charge >= 0.3 is 0 Å². The normalized spacial score (nSPS) is 11.9. The smallest absolute Gasteiger partial charge is 0.253 e. The Labute approximate surface area is 149 Å². The second-order valence-corrected chi connectivity index (χ2v) is 6.33. The van der Waals surface area contributed by atoms with Crippen molar-refractivity contribution >= 4 is 17.5 Å². The highest BCUT2D eigenvalue weighted by molar-refractivity contribution is 5.97. The molecule has 0 radical (unpaired) electrons. The standard InChI is InChI=1S/C20H25N3O2/c1-15(16-9-6-5-7-10-16)23(4)14-19(24)21-18-12-8-11-17(13-18)20(25)22(2)3/h5-13,15H,14H2,1-4H3,(H,21,24)/t15-/m1/s1. The Morgan fingerprint density at radius 1 is 1.00 bits per heavy atom. The van der Waals surface area contributed by atoms with Crippen LogP contribution in [0.3, 0.4) is 0 Å². The quantitative estimate of drug-likeness (QED) is 0.880. The number of anilines is 1. The molecule has 0 aromatic heterocycles. The third kappa shape index (κ3) is 5.16. The summed E-state index contributed by atoms with van der Waals surface area (Å²) in [5.41, 5.74) is 2.34. The summed E-state index contributed by atoms with van der Waals surface area (Å²) in [7, 11) is 5.32. The van der Waals surface area contributed by atoms with Gasteiger partial charge in [0, 0.05) is 31.4 Å². The van der Waals surface area contributed by atoms with Crippen LogP contribution in [-0.2, 0) is 4.79 Å². The number of nitrogens with zero attached hydrogens (tertiary/aromatic N) is 2. The Morgan fingerprint density at radius 2 is 1.68 bits per heavy atom. The summed E-state index contributed by atoms with van der Waals surface area (Å²) < 4.78 is 0. The van der Waals surface area contributed by atoms with Crippen LogP contribution in [0.2, 0.25) is 0 Å². The zero-order valence-electron chi connectivity index (χ0n) is 15.2. The maximum atomic E-state index is 12.3. The number of hydrogen-bond donors (Lipinski definition) is 1. The summed E-state index contributed by atoms with van der Waals surface area (Å²) in [6, 6.07) is 17.2. The van der Waals surface area contributed by atoms with E-state index >= 15 is 0 Å². The lowest BCUT2D eigenvalue weighted by atomic mass is 10.1. The van der Waals surface area contributed by atoms with Gasteiger partial charge < -0.3 is 10.2 Å². The van der Waals surface area contributed by atoms with Crippen LogP contribution in [-0.4, -0.2) is 49.3 Å². The van der Waals surface area contributed by atoms with Crippen molar-refractivity contribution in [1.82, 2.24) is 9.80 Å². The molecule has 0 aliphatic carbocycles. The van der Waals surface area contributed by atoms with Crippen LogP contribution >= 0.6 is 0 Å². The minimum absolute atomic E-state index is 0.0917. The molecule has 2 aromatic carbocycles. The van der Waals surface area contributed by atoms with Gasteiger partial charge in [-0.3, -0.25) is 14.5 Å². The van der Waals surface area contributed by atoms with Gasteiger partial charge in [-0.1, -0.05) is 36.4 Å². The van der Waals surface area contributed by atoms with Crippen molar-refractivity contribution in [3.63, 3.8) is 0 Å². The number of benzene rings is 2. The minimum atomic E-state index is -0.111. The van der Waals surface area contributed by atoms with Gasteiger partial charge in [0.1, 0.15) is 0 Å². The molecule has 1 N–H and O–H groups in total. The van der Waals surface area contributed by atoms with E-state index < -0.39 is 0 Å². The number of hydrogen-bond acceptors (Lipinski definition) is 3. The van der Waals surface area contributed by atoms with Crippen LogP contribution in [0.5, 0.6) is 0 Å². The Hall–Kier alpha value is -2.66. The molecule has 0 aliphatic rings. The predicted octanol–water partition coefficient (Wildman–Crippen LogP) is 3.02. The molecule has 2 aromatic rings. The van der Waals surface area contributed by atoms with Gasteiger partial charge in [-0.15, -0.1) is 0 Å². The maximum Gasteiger partial charge on any atom is 0.253 e. The number of carbonyl (C=O) groups excluding carboxylic acids is 2. The molecule has 0 saturated carbocycles. The van der Waals surface area contributed by atoms with Crippen LogP contribution in [0.15, 0.2) is 54.6 Å². The van der Waals surface area contributed by atoms with Gasteiger partial charge in [0.05, 0.1) is 6.54 Å². The highest BCUT2D eigenvalue weighted by Gasteiger charge is 2.15. The molecular weight excluding hydrogens is 314 g/mol. The Kier molecular flexibility index (Phi) is 6.31. The van der Waals surface area contributed by atoms with E-state index in [2.05, 4.69) is 24.4 Å². The van der Waals surface area contributed by atoms with E-state index in [1.165, 1.54) is 4.90 Å². The third-order valence-electron chi connectivity index (χ3n) is 4.14. The molecule has 0 bridgehead atoms. The third-order valence-corrected chi connectivity index (χ3v) is 4.14. The van der Waals surface area contributed by atoms with E-state index in [1.807, 2.05) is 30.1 Å². The fourth-order valence-corrected chi connectivity index (χ4v) is 2.54. The fraction of sp³-hybridized carbons (Fsp3) is 0.300. The number of amides is 2. The average Bonchev–Trinajstić information content (AvgIpc) is 2.61. The summed E-state index contributed by atoms with van der Waals surface area (Å²) >= 11 is 0. The molecule has 2 amide bonds. The summed E-state index contributed by atoms with van der Waals surface area (Å²) in [4.78, 5) is 27.8. The van der Waals surface area contributed by atoms with Crippen molar-refractivity contribution in [2.24, 2.45) is 0 Å². The highest BCUT2D eigenvalue weighted by atomic mass is 16.2. The van der Waals surface area contributed by atoms with Gasteiger partial charge in [-0.05, 0) is 37.7 Å². The largest absolute Gasteiger partial charge is 0.345 e. The molecule has 0 fully saturated rings. The van der Waals surface area contributed by atoms with E-state index in [0.717, 1.165) is 5.56 Å². The van der Waals surface area contributed by atoms with Crippen LogP contribution in [0, 0.1) is 0 Å². The van der Waals surface area contributed by atoms with Crippen molar-refractivity contribution in [3.05, 3.63) is 65.7 Å². The van der Waals surface area contributed by atoms with Gasteiger partial charge in [0.2, 0.25) is 5.91 Å². The van der Waals surface area contributed by atoms with Crippen molar-refractivity contribution in [2.75, 3.05) is 33.0 Å². The first-order valence-corrected chi connectivity index (χ1v) is 8.25. The molecule has 1 atom stereocenters. The van der Waals surface area contributed by atoms with Gasteiger partial charge in [-0.2, -0.15) is 0 Å². The monoisotopic (exact) mass is 339 g/mol. The molecule has 2 rings (SSSR count). The number of rotatable bonds is 6. The molecule has 0 saturated heterocycles. The van der Waals surface area contributed by atoms with E-state index in [4.69, 9.17) is 0 Å². The topological polar surface area (TPSA) is 52.7 Å². The lowest BCUT2D eigenvalue weighted by Gasteiger charge is -2.24. The number of carbonyl (C=O) groups is 2. The first-order valence-electron chi connectivity index (χ1n) is 8.25. The van der Waals surface area contributed by atoms with Crippen molar-refractivity contribution in [2.45, 2.75) is 13.0 Å². The lowest BCUT2D eigenvalue weighted by molar-refractivity contribution is -0.117. The summed E-state index contributed by atoms with van der Waals surface area (Å²) in [6.45, 7) is 2.33. The van der Waals surface area contributed by atoms with Crippen LogP contribution in [0.1, 0.15) is 28.9 Å². The molecule has 0 spiro atoms. The second kappa shape index (κ2) is 8.44. The predicted molar refractivity (Wildman–Crippen MR) is 101 cm³/mol. The molecule has 5 nitrogen and oxygen atoms in total. The lowest BCUT2D eigenvalue weighted by Crippen LogP contribution is -2.32. The zero-order valence-corrected chi connectivity index (χ0v) is 15.2. The molecule has 0 unspecified atom stereocenters. The van der Waals surface area contributed by atoms with Gasteiger partial charge in [0.15, 0.2) is 0 Å².